The Bertz CT molecular complexity index is 3690. The van der Waals surface area contributed by atoms with Crippen LogP contribution in [0.3, 0.4) is 0 Å². The molecule has 11 heteroatoms. The van der Waals surface area contributed by atoms with Crippen LogP contribution in [0.1, 0.15) is 16.7 Å². The lowest BCUT2D eigenvalue weighted by Gasteiger charge is -2.25. The highest BCUT2D eigenvalue weighted by molar-refractivity contribution is 7.27. The van der Waals surface area contributed by atoms with Gasteiger partial charge in [0.15, 0.2) is 0 Å². The molecule has 0 fully saturated rings. The number of nitriles is 1. The van der Waals surface area contributed by atoms with Crippen molar-refractivity contribution in [2.45, 2.75) is 12.4 Å². The van der Waals surface area contributed by atoms with E-state index < -0.39 is 29.0 Å². The van der Waals surface area contributed by atoms with Gasteiger partial charge in [0.1, 0.15) is 0 Å². The molecule has 4 aromatic heterocycles. The van der Waals surface area contributed by atoms with Crippen LogP contribution in [0.15, 0.2) is 152 Å². The number of benzene rings is 8. The molecule has 0 bridgehead atoms. The van der Waals surface area contributed by atoms with Gasteiger partial charge in [-0.3, -0.25) is 0 Å². The van der Waals surface area contributed by atoms with E-state index in [1.165, 1.54) is 34.8 Å². The number of para-hydroxylation sites is 2. The third-order valence-electron chi connectivity index (χ3n) is 12.0. The van der Waals surface area contributed by atoms with Crippen molar-refractivity contribution >= 4 is 107 Å². The zero-order valence-corrected chi connectivity index (χ0v) is 33.5. The number of alkyl halides is 6. The van der Waals surface area contributed by atoms with Gasteiger partial charge in [-0.2, -0.15) is 31.6 Å². The predicted molar refractivity (Wildman–Crippen MR) is 241 cm³/mol. The molecule has 0 aliphatic heterocycles. The molecule has 0 aliphatic rings. The predicted octanol–water partition coefficient (Wildman–Crippen LogP) is 16.2. The fourth-order valence-electron chi connectivity index (χ4n) is 9.54. The van der Waals surface area contributed by atoms with Crippen LogP contribution in [-0.2, 0) is 12.4 Å². The number of aromatic nitrogens is 2. The summed E-state index contributed by atoms with van der Waals surface area (Å²) in [6.07, 6.45) is -10.4. The summed E-state index contributed by atoms with van der Waals surface area (Å²) in [4.78, 5) is 0. The van der Waals surface area contributed by atoms with Crippen molar-refractivity contribution in [1.82, 2.24) is 9.13 Å². The molecule has 0 amide bonds. The molecule has 4 heterocycles. The summed E-state index contributed by atoms with van der Waals surface area (Å²) in [5.41, 5.74) is -1.82. The molecule has 0 spiro atoms. The monoisotopic (exact) mass is 857 g/mol. The highest BCUT2D eigenvalue weighted by Gasteiger charge is 2.43. The van der Waals surface area contributed by atoms with E-state index in [0.29, 0.717) is 34.2 Å². The second-order valence-electron chi connectivity index (χ2n) is 15.3. The second kappa shape index (κ2) is 12.9. The molecule has 62 heavy (non-hydrogen) atoms. The maximum absolute atomic E-state index is 15.6. The van der Waals surface area contributed by atoms with Crippen LogP contribution in [0.4, 0.5) is 26.3 Å². The van der Waals surface area contributed by atoms with Gasteiger partial charge in [0.05, 0.1) is 65.6 Å². The van der Waals surface area contributed by atoms with Crippen molar-refractivity contribution in [2.24, 2.45) is 0 Å². The summed E-state index contributed by atoms with van der Waals surface area (Å²) in [5, 5.41) is 17.6. The van der Waals surface area contributed by atoms with Crippen molar-refractivity contribution < 1.29 is 26.3 Å². The van der Waals surface area contributed by atoms with E-state index in [0.717, 1.165) is 68.0 Å². The molecule has 0 unspecified atom stereocenters. The summed E-state index contributed by atoms with van der Waals surface area (Å²) >= 11 is 3.00. The van der Waals surface area contributed by atoms with E-state index in [2.05, 4.69) is 6.07 Å². The summed E-state index contributed by atoms with van der Waals surface area (Å²) in [7, 11) is 0. The lowest BCUT2D eigenvalue weighted by molar-refractivity contribution is -0.142. The molecule has 298 valence electrons. The molecular formula is C51H25F6N3S2. The largest absolute Gasteiger partial charge is 0.417 e. The summed E-state index contributed by atoms with van der Waals surface area (Å²) in [5.74, 6) is 0. The molecule has 12 rings (SSSR count). The van der Waals surface area contributed by atoms with Gasteiger partial charge in [-0.15, -0.1) is 22.7 Å². The number of hydrogen-bond donors (Lipinski definition) is 0. The van der Waals surface area contributed by atoms with Crippen molar-refractivity contribution in [3.63, 3.8) is 0 Å². The Labute approximate surface area is 355 Å². The minimum Gasteiger partial charge on any atom is -0.307 e. The molecule has 0 aliphatic carbocycles. The SMILES string of the molecule is N#Cc1cc(-n2c3ccccc3c3ccc4c5ccccc5sc4c32)c(-c2c(C(F)(F)F)cccc2C(F)(F)F)c(-n2c3ccccc3c3ccc4c5ccccc5sc4c32)c1. The van der Waals surface area contributed by atoms with Crippen molar-refractivity contribution in [3.05, 3.63) is 168 Å². The maximum Gasteiger partial charge on any atom is 0.417 e. The molecule has 0 saturated carbocycles. The van der Waals surface area contributed by atoms with Crippen LogP contribution in [0.5, 0.6) is 0 Å². The number of fused-ring (bicyclic) bond motifs is 14. The zero-order chi connectivity index (χ0) is 42.2. The third kappa shape index (κ3) is 5.11. The van der Waals surface area contributed by atoms with E-state index in [1.54, 1.807) is 21.3 Å². The Balaban J connectivity index is 1.37. The Kier molecular flexibility index (Phi) is 7.66. The molecular weight excluding hydrogens is 833 g/mol. The average molecular weight is 858 g/mol. The summed E-state index contributed by atoms with van der Waals surface area (Å²) in [6, 6.07) is 45.7. The minimum absolute atomic E-state index is 0.00635. The van der Waals surface area contributed by atoms with Gasteiger partial charge in [0.2, 0.25) is 0 Å². The van der Waals surface area contributed by atoms with E-state index >= 15 is 26.3 Å². The molecule has 12 aromatic rings. The molecule has 0 saturated heterocycles. The molecule has 3 nitrogen and oxygen atoms in total. The first-order valence-corrected chi connectivity index (χ1v) is 21.2. The first-order valence-electron chi connectivity index (χ1n) is 19.5. The molecule has 0 N–H and O–H groups in total. The van der Waals surface area contributed by atoms with Gasteiger partial charge in [-0.1, -0.05) is 103 Å². The number of hydrogen-bond acceptors (Lipinski definition) is 3. The van der Waals surface area contributed by atoms with Crippen molar-refractivity contribution in [3.8, 4) is 28.6 Å². The molecule has 0 atom stereocenters. The fourth-order valence-corrected chi connectivity index (χ4v) is 12.0. The average Bonchev–Trinajstić information content (AvgIpc) is 4.03. The topological polar surface area (TPSA) is 33.6 Å². The Morgan fingerprint density at radius 1 is 0.419 bits per heavy atom. The fraction of sp³-hybridized carbons (Fsp3) is 0.0392. The maximum atomic E-state index is 15.6. The Hall–Kier alpha value is -7.13. The quantitative estimate of drug-likeness (QED) is 0.163. The van der Waals surface area contributed by atoms with Crippen LogP contribution in [0.2, 0.25) is 0 Å². The second-order valence-corrected chi connectivity index (χ2v) is 17.4. The smallest absolute Gasteiger partial charge is 0.307 e. The first kappa shape index (κ1) is 36.7. The third-order valence-corrected chi connectivity index (χ3v) is 14.4. The minimum atomic E-state index is -5.21. The van der Waals surface area contributed by atoms with E-state index in [9.17, 15) is 5.26 Å². The van der Waals surface area contributed by atoms with Gasteiger partial charge in [0.25, 0.3) is 0 Å². The van der Waals surface area contributed by atoms with Gasteiger partial charge >= 0.3 is 12.4 Å². The lowest BCUT2D eigenvalue weighted by Crippen LogP contribution is -2.16. The normalized spacial score (nSPS) is 12.7. The van der Waals surface area contributed by atoms with E-state index in [-0.39, 0.29) is 22.5 Å². The van der Waals surface area contributed by atoms with Crippen molar-refractivity contribution in [2.75, 3.05) is 0 Å². The Morgan fingerprint density at radius 2 is 0.823 bits per heavy atom. The Morgan fingerprint density at radius 3 is 1.26 bits per heavy atom. The van der Waals surface area contributed by atoms with Crippen LogP contribution in [0.25, 0.3) is 106 Å². The van der Waals surface area contributed by atoms with Gasteiger partial charge in [0, 0.05) is 63.6 Å². The number of rotatable bonds is 3. The van der Waals surface area contributed by atoms with Crippen LogP contribution in [-0.4, -0.2) is 9.13 Å². The van der Waals surface area contributed by atoms with Gasteiger partial charge in [-0.25, -0.2) is 0 Å². The van der Waals surface area contributed by atoms with Crippen molar-refractivity contribution in [1.29, 1.82) is 5.26 Å². The van der Waals surface area contributed by atoms with Crippen LogP contribution < -0.4 is 0 Å². The van der Waals surface area contributed by atoms with Crippen LogP contribution >= 0.6 is 22.7 Å². The van der Waals surface area contributed by atoms with Gasteiger partial charge in [-0.05, 0) is 48.5 Å². The van der Waals surface area contributed by atoms with E-state index in [1.807, 2.05) is 109 Å². The number of thiophene rings is 2. The number of halogens is 6. The highest BCUT2D eigenvalue weighted by atomic mass is 32.1. The molecule has 8 aromatic carbocycles. The standard InChI is InChI=1S/C51H25F6N3S2/c52-50(53,54)36-14-9-15-37(51(55,56)57)44(36)45-40(59-38-16-5-1-10-28(38)32-20-22-34-30-12-3-7-18-42(30)61-48(34)46(32)59)24-27(26-58)25-41(45)60-39-17-6-2-11-29(39)33-21-23-35-31-13-4-8-19-43(31)62-49(35)47(33)60/h1-25H. The van der Waals surface area contributed by atoms with Gasteiger partial charge < -0.3 is 9.13 Å². The summed E-state index contributed by atoms with van der Waals surface area (Å²) < 4.78 is 101. The summed E-state index contributed by atoms with van der Waals surface area (Å²) in [6.45, 7) is 0. The van der Waals surface area contributed by atoms with Crippen LogP contribution in [0, 0.1) is 11.3 Å². The highest BCUT2D eigenvalue weighted by Crippen LogP contribution is 2.52. The lowest BCUT2D eigenvalue weighted by atomic mass is 9.89. The zero-order valence-electron chi connectivity index (χ0n) is 31.9. The van der Waals surface area contributed by atoms with E-state index in [4.69, 9.17) is 0 Å². The number of nitrogens with zero attached hydrogens (tertiary/aromatic N) is 3. The first-order chi connectivity index (χ1) is 30.0. The molecule has 0 radical (unpaired) electrons.